The normalized spacial score (nSPS) is 11.9. The summed E-state index contributed by atoms with van der Waals surface area (Å²) in [6.07, 6.45) is 3.65. The van der Waals surface area contributed by atoms with Crippen LogP contribution < -0.4 is 10.6 Å². The summed E-state index contributed by atoms with van der Waals surface area (Å²) in [5.41, 5.74) is 2.01. The molecule has 21 heavy (non-hydrogen) atoms. The molecule has 1 atom stereocenters. The first-order valence-corrected chi connectivity index (χ1v) is 7.77. The Labute approximate surface area is 129 Å². The van der Waals surface area contributed by atoms with Crippen molar-refractivity contribution in [2.75, 3.05) is 12.4 Å². The minimum absolute atomic E-state index is 0.0340. The first-order valence-electron chi connectivity index (χ1n) is 6.79. The van der Waals surface area contributed by atoms with E-state index >= 15 is 0 Å². The van der Waals surface area contributed by atoms with E-state index < -0.39 is 0 Å². The van der Waals surface area contributed by atoms with Crippen LogP contribution in [-0.2, 0) is 10.5 Å². The second-order valence-corrected chi connectivity index (χ2v) is 5.72. The van der Waals surface area contributed by atoms with Crippen molar-refractivity contribution < 1.29 is 4.79 Å². The predicted molar refractivity (Wildman–Crippen MR) is 87.4 cm³/mol. The molecular formula is C16H19N3OS. The van der Waals surface area contributed by atoms with Gasteiger partial charge in [0, 0.05) is 28.7 Å². The van der Waals surface area contributed by atoms with Gasteiger partial charge in [0.05, 0.1) is 6.04 Å². The number of carbonyl (C=O) groups excluding carboxylic acids is 1. The molecule has 2 aromatic rings. The summed E-state index contributed by atoms with van der Waals surface area (Å²) in [6.45, 7) is 1.83. The second-order valence-electron chi connectivity index (χ2n) is 4.67. The van der Waals surface area contributed by atoms with Crippen LogP contribution in [0.3, 0.4) is 0 Å². The molecule has 0 saturated heterocycles. The zero-order valence-corrected chi connectivity index (χ0v) is 13.0. The fourth-order valence-electron chi connectivity index (χ4n) is 1.67. The smallest absolute Gasteiger partial charge is 0.241 e. The number of aromatic nitrogens is 1. The molecule has 0 saturated carbocycles. The predicted octanol–water partition coefficient (Wildman–Crippen LogP) is 2.92. The van der Waals surface area contributed by atoms with E-state index in [0.717, 1.165) is 11.4 Å². The van der Waals surface area contributed by atoms with Gasteiger partial charge in [0.15, 0.2) is 0 Å². The van der Waals surface area contributed by atoms with Gasteiger partial charge in [0.1, 0.15) is 0 Å². The molecule has 4 nitrogen and oxygen atoms in total. The molecule has 0 radical (unpaired) electrons. The van der Waals surface area contributed by atoms with Crippen molar-refractivity contribution in [3.8, 4) is 0 Å². The summed E-state index contributed by atoms with van der Waals surface area (Å²) >= 11 is 1.75. The number of hydrogen-bond donors (Lipinski definition) is 2. The van der Waals surface area contributed by atoms with Crippen molar-refractivity contribution in [1.29, 1.82) is 0 Å². The number of thioether (sulfide) groups is 1. The summed E-state index contributed by atoms with van der Waals surface area (Å²) in [5.74, 6) is 0.851. The standard InChI is InChI=1S/C16H19N3OS/c1-12(17-2)16(20)19-14-5-7-15(8-6-14)21-11-13-4-3-9-18-10-13/h3-10,12,17H,11H2,1-2H3,(H,19,20). The first-order chi connectivity index (χ1) is 10.2. The van der Waals surface area contributed by atoms with Crippen molar-refractivity contribution in [3.63, 3.8) is 0 Å². The van der Waals surface area contributed by atoms with E-state index in [9.17, 15) is 4.79 Å². The molecular weight excluding hydrogens is 282 g/mol. The van der Waals surface area contributed by atoms with Crippen molar-refractivity contribution in [2.45, 2.75) is 23.6 Å². The van der Waals surface area contributed by atoms with Gasteiger partial charge in [0.25, 0.3) is 0 Å². The van der Waals surface area contributed by atoms with Crippen molar-refractivity contribution in [3.05, 3.63) is 54.4 Å². The van der Waals surface area contributed by atoms with Crippen LogP contribution in [0.4, 0.5) is 5.69 Å². The van der Waals surface area contributed by atoms with E-state index in [1.54, 1.807) is 25.0 Å². The van der Waals surface area contributed by atoms with Gasteiger partial charge in [-0.05, 0) is 49.9 Å². The lowest BCUT2D eigenvalue weighted by molar-refractivity contribution is -0.117. The molecule has 1 aromatic heterocycles. The second kappa shape index (κ2) is 7.81. The maximum absolute atomic E-state index is 11.8. The lowest BCUT2D eigenvalue weighted by Crippen LogP contribution is -2.35. The molecule has 110 valence electrons. The Bertz CT molecular complexity index is 572. The molecule has 0 spiro atoms. The zero-order valence-electron chi connectivity index (χ0n) is 12.2. The van der Waals surface area contributed by atoms with Gasteiger partial charge in [-0.25, -0.2) is 0 Å². The lowest BCUT2D eigenvalue weighted by Gasteiger charge is -2.11. The molecule has 0 fully saturated rings. The van der Waals surface area contributed by atoms with E-state index in [4.69, 9.17) is 0 Å². The highest BCUT2D eigenvalue weighted by Crippen LogP contribution is 2.23. The van der Waals surface area contributed by atoms with Crippen LogP contribution in [0.5, 0.6) is 0 Å². The topological polar surface area (TPSA) is 54.0 Å². The third-order valence-corrected chi connectivity index (χ3v) is 4.16. The fraction of sp³-hybridized carbons (Fsp3) is 0.250. The summed E-state index contributed by atoms with van der Waals surface area (Å²) in [7, 11) is 1.77. The number of hydrogen-bond acceptors (Lipinski definition) is 4. The van der Waals surface area contributed by atoms with Gasteiger partial charge in [-0.3, -0.25) is 9.78 Å². The number of benzene rings is 1. The summed E-state index contributed by atoms with van der Waals surface area (Å²) in [5, 5.41) is 5.79. The van der Waals surface area contributed by atoms with Gasteiger partial charge in [-0.1, -0.05) is 6.07 Å². The molecule has 2 rings (SSSR count). The number of pyridine rings is 1. The molecule has 1 amide bonds. The maximum Gasteiger partial charge on any atom is 0.241 e. The van der Waals surface area contributed by atoms with Gasteiger partial charge in [0.2, 0.25) is 5.91 Å². The average Bonchev–Trinajstić information content (AvgIpc) is 2.54. The van der Waals surface area contributed by atoms with Gasteiger partial charge in [-0.15, -0.1) is 11.8 Å². The molecule has 2 N–H and O–H groups in total. The number of nitrogens with zero attached hydrogens (tertiary/aromatic N) is 1. The average molecular weight is 301 g/mol. The van der Waals surface area contributed by atoms with Crippen LogP contribution in [0.1, 0.15) is 12.5 Å². The molecule has 5 heteroatoms. The third kappa shape index (κ3) is 4.88. The van der Waals surface area contributed by atoms with E-state index in [-0.39, 0.29) is 11.9 Å². The minimum Gasteiger partial charge on any atom is -0.325 e. The fourth-order valence-corrected chi connectivity index (χ4v) is 2.50. The molecule has 1 unspecified atom stereocenters. The van der Waals surface area contributed by atoms with Crippen LogP contribution in [-0.4, -0.2) is 24.0 Å². The minimum atomic E-state index is -0.204. The quantitative estimate of drug-likeness (QED) is 0.806. The first kappa shape index (κ1) is 15.5. The highest BCUT2D eigenvalue weighted by atomic mass is 32.2. The Hall–Kier alpha value is -1.85. The number of nitrogens with one attached hydrogen (secondary N) is 2. The van der Waals surface area contributed by atoms with Crippen LogP contribution >= 0.6 is 11.8 Å². The molecule has 0 aliphatic rings. The maximum atomic E-state index is 11.8. The Kier molecular flexibility index (Phi) is 5.78. The number of anilines is 1. The summed E-state index contributed by atoms with van der Waals surface area (Å²) < 4.78 is 0. The Balaban J connectivity index is 1.88. The largest absolute Gasteiger partial charge is 0.325 e. The molecule has 1 heterocycles. The van der Waals surface area contributed by atoms with Crippen molar-refractivity contribution >= 4 is 23.4 Å². The third-order valence-electron chi connectivity index (χ3n) is 3.08. The van der Waals surface area contributed by atoms with Gasteiger partial charge >= 0.3 is 0 Å². The highest BCUT2D eigenvalue weighted by Gasteiger charge is 2.09. The molecule has 1 aromatic carbocycles. The summed E-state index contributed by atoms with van der Waals surface area (Å²) in [6, 6.07) is 11.7. The van der Waals surface area contributed by atoms with Gasteiger partial charge in [-0.2, -0.15) is 0 Å². The lowest BCUT2D eigenvalue weighted by atomic mass is 10.3. The number of amides is 1. The van der Waals surface area contributed by atoms with E-state index in [1.807, 2.05) is 43.5 Å². The van der Waals surface area contributed by atoms with E-state index in [1.165, 1.54) is 10.5 Å². The van der Waals surface area contributed by atoms with Gasteiger partial charge < -0.3 is 10.6 Å². The number of rotatable bonds is 6. The monoisotopic (exact) mass is 301 g/mol. The Morgan fingerprint density at radius 2 is 2.05 bits per heavy atom. The van der Waals surface area contributed by atoms with Crippen LogP contribution in [0, 0.1) is 0 Å². The number of likely N-dealkylation sites (N-methyl/N-ethyl adjacent to an activating group) is 1. The number of carbonyl (C=O) groups is 1. The Morgan fingerprint density at radius 3 is 2.67 bits per heavy atom. The molecule has 0 aliphatic heterocycles. The van der Waals surface area contributed by atoms with E-state index in [0.29, 0.717) is 0 Å². The van der Waals surface area contributed by atoms with Crippen LogP contribution in [0.25, 0.3) is 0 Å². The van der Waals surface area contributed by atoms with Crippen LogP contribution in [0.15, 0.2) is 53.7 Å². The molecule has 0 bridgehead atoms. The summed E-state index contributed by atoms with van der Waals surface area (Å²) in [4.78, 5) is 17.0. The highest BCUT2D eigenvalue weighted by molar-refractivity contribution is 7.98. The van der Waals surface area contributed by atoms with E-state index in [2.05, 4.69) is 21.7 Å². The van der Waals surface area contributed by atoms with Crippen LogP contribution in [0.2, 0.25) is 0 Å². The van der Waals surface area contributed by atoms with Crippen molar-refractivity contribution in [1.82, 2.24) is 10.3 Å². The van der Waals surface area contributed by atoms with Crippen molar-refractivity contribution in [2.24, 2.45) is 0 Å². The zero-order chi connectivity index (χ0) is 15.1. The molecule has 0 aliphatic carbocycles. The Morgan fingerprint density at radius 1 is 1.29 bits per heavy atom. The SMILES string of the molecule is CNC(C)C(=O)Nc1ccc(SCc2cccnc2)cc1.